The van der Waals surface area contributed by atoms with Crippen molar-refractivity contribution in [1.29, 1.82) is 0 Å². The third-order valence-corrected chi connectivity index (χ3v) is 4.67. The first-order valence-electron chi connectivity index (χ1n) is 7.68. The highest BCUT2D eigenvalue weighted by Gasteiger charge is 2.04. The van der Waals surface area contributed by atoms with Crippen molar-refractivity contribution >= 4 is 26.8 Å². The summed E-state index contributed by atoms with van der Waals surface area (Å²) in [7, 11) is 0. The van der Waals surface area contributed by atoms with Gasteiger partial charge in [0.05, 0.1) is 0 Å². The Labute approximate surface area is 144 Å². The Hall–Kier alpha value is -2.32. The fourth-order valence-electron chi connectivity index (χ4n) is 2.93. The monoisotopic (exact) mass is 361 g/mol. The molecule has 0 fully saturated rings. The van der Waals surface area contributed by atoms with Gasteiger partial charge in [0.1, 0.15) is 0 Å². The van der Waals surface area contributed by atoms with E-state index >= 15 is 0 Å². The van der Waals surface area contributed by atoms with E-state index in [1.807, 2.05) is 0 Å². The average molecular weight is 362 g/mol. The summed E-state index contributed by atoms with van der Waals surface area (Å²) in [5, 5.41) is 1.28. The molecule has 0 aliphatic carbocycles. The molecule has 0 unspecified atom stereocenters. The van der Waals surface area contributed by atoms with Crippen molar-refractivity contribution in [3.05, 3.63) is 95.1 Å². The van der Waals surface area contributed by atoms with E-state index in [1.165, 1.54) is 27.6 Å². The minimum Gasteiger partial charge on any atom is -0.343 e. The zero-order valence-electron chi connectivity index (χ0n) is 12.6. The van der Waals surface area contributed by atoms with Crippen LogP contribution in [0.4, 0.5) is 0 Å². The lowest BCUT2D eigenvalue weighted by molar-refractivity contribution is 0.837. The molecule has 0 atom stereocenters. The van der Waals surface area contributed by atoms with Gasteiger partial charge < -0.3 is 4.57 Å². The first-order valence-corrected chi connectivity index (χ1v) is 8.48. The van der Waals surface area contributed by atoms with Crippen molar-refractivity contribution in [3.8, 4) is 11.1 Å². The van der Waals surface area contributed by atoms with Gasteiger partial charge in [0.25, 0.3) is 0 Å². The molecule has 0 radical (unpaired) electrons. The Bertz CT molecular complexity index is 937. The smallest absolute Gasteiger partial charge is 0.0483 e. The minimum atomic E-state index is 0.890. The molecule has 1 nitrogen and oxygen atoms in total. The van der Waals surface area contributed by atoms with E-state index in [0.717, 1.165) is 11.0 Å². The van der Waals surface area contributed by atoms with E-state index < -0.39 is 0 Å². The van der Waals surface area contributed by atoms with Crippen LogP contribution in [0.2, 0.25) is 0 Å². The maximum atomic E-state index is 3.49. The van der Waals surface area contributed by atoms with Crippen LogP contribution in [0.3, 0.4) is 0 Å². The summed E-state index contributed by atoms with van der Waals surface area (Å²) in [5.41, 5.74) is 5.10. The number of benzene rings is 3. The molecule has 1 aromatic heterocycles. The van der Waals surface area contributed by atoms with E-state index in [9.17, 15) is 0 Å². The van der Waals surface area contributed by atoms with Gasteiger partial charge in [-0.25, -0.2) is 0 Å². The number of rotatable bonds is 3. The second-order valence-electron chi connectivity index (χ2n) is 5.71. The molecular formula is C21H16BrN. The van der Waals surface area contributed by atoms with Gasteiger partial charge in [-0.1, -0.05) is 64.5 Å². The maximum absolute atomic E-state index is 3.49. The van der Waals surface area contributed by atoms with Crippen LogP contribution in [0.1, 0.15) is 5.56 Å². The molecule has 0 spiro atoms. The van der Waals surface area contributed by atoms with Crippen molar-refractivity contribution in [2.45, 2.75) is 6.54 Å². The average Bonchev–Trinajstić information content (AvgIpc) is 3.00. The Morgan fingerprint density at radius 3 is 2.30 bits per heavy atom. The van der Waals surface area contributed by atoms with Crippen molar-refractivity contribution in [3.63, 3.8) is 0 Å². The topological polar surface area (TPSA) is 4.93 Å². The molecule has 2 heteroatoms. The number of hydrogen-bond acceptors (Lipinski definition) is 0. The third kappa shape index (κ3) is 2.95. The van der Waals surface area contributed by atoms with Crippen LogP contribution < -0.4 is 0 Å². The molecule has 0 saturated heterocycles. The predicted octanol–water partition coefficient (Wildman–Crippen LogP) is 6.12. The quantitative estimate of drug-likeness (QED) is 0.414. The van der Waals surface area contributed by atoms with Crippen LogP contribution >= 0.6 is 15.9 Å². The molecule has 0 aliphatic heterocycles. The van der Waals surface area contributed by atoms with Gasteiger partial charge >= 0.3 is 0 Å². The van der Waals surface area contributed by atoms with Gasteiger partial charge in [0.15, 0.2) is 0 Å². The molecule has 3 aromatic carbocycles. The molecule has 0 aliphatic rings. The second kappa shape index (κ2) is 6.05. The number of hydrogen-bond donors (Lipinski definition) is 0. The fourth-order valence-corrected chi connectivity index (χ4v) is 3.20. The fraction of sp³-hybridized carbons (Fsp3) is 0.0476. The zero-order chi connectivity index (χ0) is 15.6. The summed E-state index contributed by atoms with van der Waals surface area (Å²) in [6, 6.07) is 27.9. The van der Waals surface area contributed by atoms with Gasteiger partial charge in [-0.15, -0.1) is 0 Å². The summed E-state index contributed by atoms with van der Waals surface area (Å²) < 4.78 is 3.42. The Kier molecular flexibility index (Phi) is 3.76. The molecule has 112 valence electrons. The van der Waals surface area contributed by atoms with Gasteiger partial charge in [-0.2, -0.15) is 0 Å². The van der Waals surface area contributed by atoms with Crippen LogP contribution in [0, 0.1) is 0 Å². The lowest BCUT2D eigenvalue weighted by atomic mass is 10.0. The molecule has 4 rings (SSSR count). The van der Waals surface area contributed by atoms with Crippen molar-refractivity contribution in [2.75, 3.05) is 0 Å². The zero-order valence-corrected chi connectivity index (χ0v) is 14.2. The molecule has 4 aromatic rings. The molecule has 0 saturated carbocycles. The second-order valence-corrected chi connectivity index (χ2v) is 6.63. The molecule has 23 heavy (non-hydrogen) atoms. The predicted molar refractivity (Wildman–Crippen MR) is 101 cm³/mol. The lowest BCUT2D eigenvalue weighted by Crippen LogP contribution is -1.97. The first-order chi connectivity index (χ1) is 11.3. The molecule has 0 amide bonds. The largest absolute Gasteiger partial charge is 0.343 e. The highest BCUT2D eigenvalue weighted by Crippen LogP contribution is 2.25. The van der Waals surface area contributed by atoms with E-state index in [4.69, 9.17) is 0 Å². The molecule has 0 bridgehead atoms. The molecular weight excluding hydrogens is 346 g/mol. The summed E-state index contributed by atoms with van der Waals surface area (Å²) >= 11 is 3.49. The lowest BCUT2D eigenvalue weighted by Gasteiger charge is -2.07. The number of fused-ring (bicyclic) bond motifs is 1. The summed E-state index contributed by atoms with van der Waals surface area (Å²) in [5.74, 6) is 0. The van der Waals surface area contributed by atoms with Crippen molar-refractivity contribution < 1.29 is 0 Å². The Balaban J connectivity index is 1.69. The van der Waals surface area contributed by atoms with E-state index in [0.29, 0.717) is 0 Å². The summed E-state index contributed by atoms with van der Waals surface area (Å²) in [4.78, 5) is 0. The van der Waals surface area contributed by atoms with Crippen LogP contribution in [0.5, 0.6) is 0 Å². The van der Waals surface area contributed by atoms with Crippen LogP contribution in [-0.2, 0) is 6.54 Å². The van der Waals surface area contributed by atoms with Gasteiger partial charge in [0.2, 0.25) is 0 Å². The van der Waals surface area contributed by atoms with Gasteiger partial charge in [-0.3, -0.25) is 0 Å². The van der Waals surface area contributed by atoms with Crippen molar-refractivity contribution in [2.24, 2.45) is 0 Å². The maximum Gasteiger partial charge on any atom is 0.0483 e. The normalized spacial score (nSPS) is 11.0. The highest BCUT2D eigenvalue weighted by molar-refractivity contribution is 9.10. The van der Waals surface area contributed by atoms with Crippen LogP contribution in [0.25, 0.3) is 22.0 Å². The minimum absolute atomic E-state index is 0.890. The molecule has 1 heterocycles. The Morgan fingerprint density at radius 1 is 0.739 bits per heavy atom. The molecule has 0 N–H and O–H groups in total. The number of aromatic nitrogens is 1. The number of nitrogens with zero attached hydrogens (tertiary/aromatic N) is 1. The SMILES string of the molecule is Brc1ccc(Cn2ccc3cc(-c4ccccc4)ccc32)cc1. The number of halogens is 1. The first kappa shape index (κ1) is 14.3. The van der Waals surface area contributed by atoms with Crippen molar-refractivity contribution in [1.82, 2.24) is 4.57 Å². The van der Waals surface area contributed by atoms with E-state index in [-0.39, 0.29) is 0 Å². The third-order valence-electron chi connectivity index (χ3n) is 4.14. The van der Waals surface area contributed by atoms with E-state index in [2.05, 4.69) is 106 Å². The summed E-state index contributed by atoms with van der Waals surface area (Å²) in [6.07, 6.45) is 2.17. The van der Waals surface area contributed by atoms with E-state index in [1.54, 1.807) is 0 Å². The van der Waals surface area contributed by atoms with Crippen LogP contribution in [-0.4, -0.2) is 4.57 Å². The Morgan fingerprint density at radius 2 is 1.52 bits per heavy atom. The standard InChI is InChI=1S/C21H16BrN/c22-20-9-6-16(7-10-20)15-23-13-12-19-14-18(8-11-21(19)23)17-4-2-1-3-5-17/h1-14H,15H2. The van der Waals surface area contributed by atoms with Gasteiger partial charge in [0, 0.05) is 28.1 Å². The van der Waals surface area contributed by atoms with Gasteiger partial charge in [-0.05, 0) is 47.0 Å². The summed E-state index contributed by atoms with van der Waals surface area (Å²) in [6.45, 7) is 0.890. The highest BCUT2D eigenvalue weighted by atomic mass is 79.9. The van der Waals surface area contributed by atoms with Crippen LogP contribution in [0.15, 0.2) is 89.5 Å².